The van der Waals surface area contributed by atoms with Crippen molar-refractivity contribution < 1.29 is 14.7 Å². The summed E-state index contributed by atoms with van der Waals surface area (Å²) in [6, 6.07) is 14.7. The van der Waals surface area contributed by atoms with Crippen LogP contribution in [0.5, 0.6) is 0 Å². The van der Waals surface area contributed by atoms with Gasteiger partial charge in [0.1, 0.15) is 0 Å². The van der Waals surface area contributed by atoms with Gasteiger partial charge in [0.05, 0.1) is 13.0 Å². The van der Waals surface area contributed by atoms with Crippen molar-refractivity contribution in [2.45, 2.75) is 25.9 Å². The normalized spacial score (nSPS) is 14.0. The highest BCUT2D eigenvalue weighted by Crippen LogP contribution is 2.22. The van der Waals surface area contributed by atoms with E-state index in [4.69, 9.17) is 5.11 Å². The molecular weight excluding hydrogens is 304 g/mol. The molecule has 2 N–H and O–H groups in total. The van der Waals surface area contributed by atoms with Gasteiger partial charge >= 0.3 is 0 Å². The molecule has 0 spiro atoms. The summed E-state index contributed by atoms with van der Waals surface area (Å²) < 4.78 is 0. The van der Waals surface area contributed by atoms with Crippen molar-refractivity contribution >= 4 is 23.2 Å². The molecular formula is C19H20N2O3. The molecule has 1 aliphatic rings. The van der Waals surface area contributed by atoms with Crippen molar-refractivity contribution in [3.05, 3.63) is 59.7 Å². The molecule has 0 unspecified atom stereocenters. The number of anilines is 2. The minimum absolute atomic E-state index is 0.0552. The van der Waals surface area contributed by atoms with Gasteiger partial charge in [0.2, 0.25) is 11.8 Å². The summed E-state index contributed by atoms with van der Waals surface area (Å²) in [7, 11) is 0. The lowest BCUT2D eigenvalue weighted by Crippen LogP contribution is -2.23. The van der Waals surface area contributed by atoms with E-state index in [9.17, 15) is 9.59 Å². The van der Waals surface area contributed by atoms with E-state index in [0.717, 1.165) is 29.8 Å². The van der Waals surface area contributed by atoms with Crippen molar-refractivity contribution in [2.75, 3.05) is 16.8 Å². The summed E-state index contributed by atoms with van der Waals surface area (Å²) in [6.45, 7) is 0.709. The van der Waals surface area contributed by atoms with Crippen LogP contribution in [0.4, 0.5) is 11.4 Å². The molecule has 0 aromatic heterocycles. The molecule has 2 aromatic rings. The van der Waals surface area contributed by atoms with Gasteiger partial charge in [-0.1, -0.05) is 24.3 Å². The molecule has 0 bridgehead atoms. The third-order valence-corrected chi connectivity index (χ3v) is 4.08. The van der Waals surface area contributed by atoms with E-state index >= 15 is 0 Å². The van der Waals surface area contributed by atoms with Gasteiger partial charge in [-0.3, -0.25) is 9.59 Å². The Morgan fingerprint density at radius 2 is 1.92 bits per heavy atom. The number of carbonyl (C=O) groups is 2. The number of aliphatic hydroxyl groups excluding tert-OH is 1. The zero-order chi connectivity index (χ0) is 16.9. The number of amides is 2. The molecule has 5 heteroatoms. The average molecular weight is 324 g/mol. The van der Waals surface area contributed by atoms with Crippen LogP contribution in [0, 0.1) is 0 Å². The number of nitrogens with zero attached hydrogens (tertiary/aromatic N) is 1. The lowest BCUT2D eigenvalue weighted by atomic mass is 10.1. The van der Waals surface area contributed by atoms with E-state index in [2.05, 4.69) is 5.32 Å². The number of hydrogen-bond acceptors (Lipinski definition) is 3. The van der Waals surface area contributed by atoms with E-state index in [1.165, 1.54) is 0 Å². The van der Waals surface area contributed by atoms with Gasteiger partial charge in [0, 0.05) is 24.3 Å². The molecule has 2 amide bonds. The summed E-state index contributed by atoms with van der Waals surface area (Å²) in [5.74, 6) is 0.0411. The number of carbonyl (C=O) groups excluding carboxylic acids is 2. The molecule has 3 rings (SSSR count). The highest BCUT2D eigenvalue weighted by molar-refractivity contribution is 5.95. The van der Waals surface area contributed by atoms with Gasteiger partial charge in [-0.05, 0) is 41.8 Å². The van der Waals surface area contributed by atoms with E-state index in [-0.39, 0.29) is 24.8 Å². The summed E-state index contributed by atoms with van der Waals surface area (Å²) in [5.41, 5.74) is 3.21. The fourth-order valence-corrected chi connectivity index (χ4v) is 2.85. The molecule has 1 aliphatic heterocycles. The Bertz CT molecular complexity index is 741. The molecule has 0 atom stereocenters. The van der Waals surface area contributed by atoms with Crippen LogP contribution in [-0.4, -0.2) is 23.5 Å². The highest BCUT2D eigenvalue weighted by Gasteiger charge is 2.21. The van der Waals surface area contributed by atoms with E-state index in [1.54, 1.807) is 29.2 Å². The van der Waals surface area contributed by atoms with Crippen molar-refractivity contribution in [1.82, 2.24) is 0 Å². The van der Waals surface area contributed by atoms with Crippen LogP contribution < -0.4 is 10.2 Å². The Morgan fingerprint density at radius 3 is 2.58 bits per heavy atom. The van der Waals surface area contributed by atoms with Crippen molar-refractivity contribution in [2.24, 2.45) is 0 Å². The molecule has 1 fully saturated rings. The van der Waals surface area contributed by atoms with Gasteiger partial charge in [-0.2, -0.15) is 0 Å². The quantitative estimate of drug-likeness (QED) is 0.888. The summed E-state index contributed by atoms with van der Waals surface area (Å²) >= 11 is 0. The van der Waals surface area contributed by atoms with Crippen molar-refractivity contribution in [3.8, 4) is 0 Å². The SMILES string of the molecule is O=C(Cc1ccc(N2CCCC2=O)cc1)Nc1cccc(CO)c1. The Morgan fingerprint density at radius 1 is 1.12 bits per heavy atom. The molecule has 0 aliphatic carbocycles. The van der Waals surface area contributed by atoms with E-state index < -0.39 is 0 Å². The molecule has 1 heterocycles. The topological polar surface area (TPSA) is 69.6 Å². The van der Waals surface area contributed by atoms with Gasteiger partial charge in [0.25, 0.3) is 0 Å². The second-order valence-electron chi connectivity index (χ2n) is 5.90. The molecule has 24 heavy (non-hydrogen) atoms. The number of hydrogen-bond donors (Lipinski definition) is 2. The number of aliphatic hydroxyl groups is 1. The average Bonchev–Trinajstić information content (AvgIpc) is 3.01. The number of rotatable bonds is 5. The van der Waals surface area contributed by atoms with Gasteiger partial charge < -0.3 is 15.3 Å². The minimum Gasteiger partial charge on any atom is -0.392 e. The fraction of sp³-hybridized carbons (Fsp3) is 0.263. The monoisotopic (exact) mass is 324 g/mol. The lowest BCUT2D eigenvalue weighted by molar-refractivity contribution is -0.117. The summed E-state index contributed by atoms with van der Waals surface area (Å²) in [5, 5.41) is 12.0. The van der Waals surface area contributed by atoms with Crippen LogP contribution in [0.15, 0.2) is 48.5 Å². The summed E-state index contributed by atoms with van der Waals surface area (Å²) in [4.78, 5) is 25.7. The molecule has 1 saturated heterocycles. The van der Waals surface area contributed by atoms with E-state index in [1.807, 2.05) is 24.3 Å². The second-order valence-corrected chi connectivity index (χ2v) is 5.90. The van der Waals surface area contributed by atoms with Crippen LogP contribution in [0.3, 0.4) is 0 Å². The maximum atomic E-state index is 12.1. The van der Waals surface area contributed by atoms with Crippen LogP contribution in [-0.2, 0) is 22.6 Å². The third-order valence-electron chi connectivity index (χ3n) is 4.08. The number of nitrogens with one attached hydrogen (secondary N) is 1. The van der Waals surface area contributed by atoms with Crippen LogP contribution in [0.2, 0.25) is 0 Å². The fourth-order valence-electron chi connectivity index (χ4n) is 2.85. The standard InChI is InChI=1S/C19H20N2O3/c22-13-15-3-1-4-16(11-15)20-18(23)12-14-6-8-17(9-7-14)21-10-2-5-19(21)24/h1,3-4,6-9,11,22H,2,5,10,12-13H2,(H,20,23). The smallest absolute Gasteiger partial charge is 0.228 e. The maximum absolute atomic E-state index is 12.1. The zero-order valence-electron chi connectivity index (χ0n) is 13.4. The molecule has 124 valence electrons. The first-order chi connectivity index (χ1) is 11.7. The van der Waals surface area contributed by atoms with Crippen LogP contribution in [0.25, 0.3) is 0 Å². The molecule has 5 nitrogen and oxygen atoms in total. The van der Waals surface area contributed by atoms with Gasteiger partial charge in [-0.25, -0.2) is 0 Å². The Balaban J connectivity index is 1.61. The van der Waals surface area contributed by atoms with E-state index in [0.29, 0.717) is 12.1 Å². The first-order valence-electron chi connectivity index (χ1n) is 8.04. The van der Waals surface area contributed by atoms with Gasteiger partial charge in [-0.15, -0.1) is 0 Å². The predicted molar refractivity (Wildman–Crippen MR) is 92.7 cm³/mol. The predicted octanol–water partition coefficient (Wildman–Crippen LogP) is 2.49. The summed E-state index contributed by atoms with van der Waals surface area (Å²) in [6.07, 6.45) is 1.77. The van der Waals surface area contributed by atoms with Crippen molar-refractivity contribution in [1.29, 1.82) is 0 Å². The van der Waals surface area contributed by atoms with Crippen molar-refractivity contribution in [3.63, 3.8) is 0 Å². The minimum atomic E-state index is -0.116. The largest absolute Gasteiger partial charge is 0.392 e. The molecule has 0 saturated carbocycles. The lowest BCUT2D eigenvalue weighted by Gasteiger charge is -2.15. The maximum Gasteiger partial charge on any atom is 0.228 e. The first-order valence-corrected chi connectivity index (χ1v) is 8.04. The Labute approximate surface area is 140 Å². The Hall–Kier alpha value is -2.66. The highest BCUT2D eigenvalue weighted by atomic mass is 16.3. The third kappa shape index (κ3) is 3.81. The van der Waals surface area contributed by atoms with Crippen LogP contribution in [0.1, 0.15) is 24.0 Å². The van der Waals surface area contributed by atoms with Crippen LogP contribution >= 0.6 is 0 Å². The Kier molecular flexibility index (Phi) is 4.91. The first kappa shape index (κ1) is 16.2. The van der Waals surface area contributed by atoms with Gasteiger partial charge in [0.15, 0.2) is 0 Å². The zero-order valence-corrected chi connectivity index (χ0v) is 13.4. The molecule has 2 aromatic carbocycles. The number of benzene rings is 2. The second kappa shape index (κ2) is 7.27. The molecule has 0 radical (unpaired) electrons.